The first-order valence-corrected chi connectivity index (χ1v) is 5.65. The topological polar surface area (TPSA) is 67.1 Å². The minimum Gasteiger partial charge on any atom is -0.335 e. The molecule has 4 N–H and O–H groups in total. The molecule has 0 aliphatic carbocycles. The summed E-state index contributed by atoms with van der Waals surface area (Å²) in [6.45, 7) is 2.51. The van der Waals surface area contributed by atoms with Crippen molar-refractivity contribution >= 4 is 11.7 Å². The molecule has 0 fully saturated rings. The maximum Gasteiger partial charge on any atom is 0.319 e. The molecule has 0 aromatic heterocycles. The van der Waals surface area contributed by atoms with Crippen molar-refractivity contribution in [1.29, 1.82) is 0 Å². The second-order valence-electron chi connectivity index (χ2n) is 3.94. The third-order valence-corrected chi connectivity index (χ3v) is 2.30. The second kappa shape index (κ2) is 6.85. The van der Waals surface area contributed by atoms with E-state index in [0.717, 1.165) is 12.8 Å². The normalized spacial score (nSPS) is 11.9. The monoisotopic (exact) mass is 239 g/mol. The van der Waals surface area contributed by atoms with Gasteiger partial charge >= 0.3 is 6.03 Å². The minimum atomic E-state index is -0.376. The van der Waals surface area contributed by atoms with E-state index in [1.807, 2.05) is 6.92 Å². The summed E-state index contributed by atoms with van der Waals surface area (Å²) in [5.41, 5.74) is 5.82. The van der Waals surface area contributed by atoms with Crippen LogP contribution in [0.25, 0.3) is 0 Å². The minimum absolute atomic E-state index is 0.0482. The number of hydrogen-bond donors (Lipinski definition) is 3. The summed E-state index contributed by atoms with van der Waals surface area (Å²) < 4.78 is 12.9. The molecule has 0 heterocycles. The lowest BCUT2D eigenvalue weighted by atomic mass is 10.2. The van der Waals surface area contributed by atoms with Crippen LogP contribution < -0.4 is 16.4 Å². The van der Waals surface area contributed by atoms with Gasteiger partial charge in [-0.15, -0.1) is 0 Å². The zero-order chi connectivity index (χ0) is 12.7. The second-order valence-corrected chi connectivity index (χ2v) is 3.94. The van der Waals surface area contributed by atoms with E-state index >= 15 is 0 Å². The van der Waals surface area contributed by atoms with E-state index in [1.54, 1.807) is 12.1 Å². The van der Waals surface area contributed by atoms with Crippen molar-refractivity contribution in [2.24, 2.45) is 5.73 Å². The summed E-state index contributed by atoms with van der Waals surface area (Å²) in [5, 5.41) is 5.32. The van der Waals surface area contributed by atoms with Crippen LogP contribution in [0.4, 0.5) is 14.9 Å². The van der Waals surface area contributed by atoms with Gasteiger partial charge in [0.2, 0.25) is 0 Å². The molecule has 0 aliphatic rings. The molecule has 0 bridgehead atoms. The molecule has 17 heavy (non-hydrogen) atoms. The predicted octanol–water partition coefficient (Wildman–Crippen LogP) is 2.07. The average molecular weight is 239 g/mol. The van der Waals surface area contributed by atoms with Gasteiger partial charge in [-0.2, -0.15) is 0 Å². The number of carbonyl (C=O) groups excluding carboxylic acids is 1. The first-order chi connectivity index (χ1) is 8.11. The molecule has 4 nitrogen and oxygen atoms in total. The summed E-state index contributed by atoms with van der Waals surface area (Å²) in [7, 11) is 0. The van der Waals surface area contributed by atoms with Gasteiger partial charge in [0.25, 0.3) is 0 Å². The van der Waals surface area contributed by atoms with Crippen molar-refractivity contribution in [3.05, 3.63) is 30.1 Å². The fourth-order valence-corrected chi connectivity index (χ4v) is 1.45. The fourth-order valence-electron chi connectivity index (χ4n) is 1.45. The number of amides is 2. The zero-order valence-corrected chi connectivity index (χ0v) is 9.87. The summed E-state index contributed by atoms with van der Waals surface area (Å²) in [6.07, 6.45) is 1.69. The molecule has 2 amide bonds. The number of benzene rings is 1. The predicted molar refractivity (Wildman–Crippen MR) is 66.3 cm³/mol. The molecule has 0 radical (unpaired) electrons. The van der Waals surface area contributed by atoms with Crippen LogP contribution in [0.1, 0.15) is 19.8 Å². The molecule has 0 spiro atoms. The Kier molecular flexibility index (Phi) is 5.42. The standard InChI is InChI=1S/C12H18FN3O/c1-9(4-3-7-14)15-12(17)16-11-6-2-5-10(13)8-11/h2,5-6,8-9H,3-4,7,14H2,1H3,(H2,15,16,17). The Labute approximate surface area is 100 Å². The number of urea groups is 1. The lowest BCUT2D eigenvalue weighted by Crippen LogP contribution is -2.36. The number of nitrogens with two attached hydrogens (primary N) is 1. The van der Waals surface area contributed by atoms with Gasteiger partial charge in [0.15, 0.2) is 0 Å². The molecule has 1 aromatic carbocycles. The quantitative estimate of drug-likeness (QED) is 0.736. The molecule has 94 valence electrons. The number of anilines is 1. The Morgan fingerprint density at radius 1 is 1.53 bits per heavy atom. The molecule has 1 atom stereocenters. The van der Waals surface area contributed by atoms with E-state index in [2.05, 4.69) is 10.6 Å². The van der Waals surface area contributed by atoms with E-state index in [1.165, 1.54) is 12.1 Å². The molecule has 1 unspecified atom stereocenters. The van der Waals surface area contributed by atoms with Gasteiger partial charge in [0.05, 0.1) is 0 Å². The molecule has 1 rings (SSSR count). The van der Waals surface area contributed by atoms with Crippen LogP contribution in [0.5, 0.6) is 0 Å². The van der Waals surface area contributed by atoms with Crippen LogP contribution in [0.2, 0.25) is 0 Å². The van der Waals surface area contributed by atoms with Crippen LogP contribution in [-0.4, -0.2) is 18.6 Å². The van der Waals surface area contributed by atoms with Crippen LogP contribution in [0.3, 0.4) is 0 Å². The summed E-state index contributed by atoms with van der Waals surface area (Å²) >= 11 is 0. The SMILES string of the molecule is CC(CCCN)NC(=O)Nc1cccc(F)c1. The lowest BCUT2D eigenvalue weighted by molar-refractivity contribution is 0.248. The number of rotatable bonds is 5. The highest BCUT2D eigenvalue weighted by Gasteiger charge is 2.06. The van der Waals surface area contributed by atoms with Crippen LogP contribution in [0.15, 0.2) is 24.3 Å². The lowest BCUT2D eigenvalue weighted by Gasteiger charge is -2.14. The largest absolute Gasteiger partial charge is 0.335 e. The van der Waals surface area contributed by atoms with Crippen LogP contribution in [0, 0.1) is 5.82 Å². The van der Waals surface area contributed by atoms with Crippen molar-refractivity contribution in [2.45, 2.75) is 25.8 Å². The Hall–Kier alpha value is -1.62. The molecular weight excluding hydrogens is 221 g/mol. The van der Waals surface area contributed by atoms with E-state index in [0.29, 0.717) is 12.2 Å². The highest BCUT2D eigenvalue weighted by Crippen LogP contribution is 2.08. The van der Waals surface area contributed by atoms with Crippen molar-refractivity contribution < 1.29 is 9.18 Å². The Morgan fingerprint density at radius 3 is 2.94 bits per heavy atom. The van der Waals surface area contributed by atoms with Crippen molar-refractivity contribution in [1.82, 2.24) is 5.32 Å². The van der Waals surface area contributed by atoms with Crippen LogP contribution in [-0.2, 0) is 0 Å². The molecule has 1 aromatic rings. The van der Waals surface area contributed by atoms with E-state index in [-0.39, 0.29) is 17.9 Å². The maximum absolute atomic E-state index is 12.9. The van der Waals surface area contributed by atoms with Gasteiger partial charge < -0.3 is 16.4 Å². The van der Waals surface area contributed by atoms with E-state index in [4.69, 9.17) is 5.73 Å². The average Bonchev–Trinajstić information content (AvgIpc) is 2.26. The highest BCUT2D eigenvalue weighted by molar-refractivity contribution is 5.89. The van der Waals surface area contributed by atoms with E-state index < -0.39 is 0 Å². The van der Waals surface area contributed by atoms with Crippen molar-refractivity contribution in [3.8, 4) is 0 Å². The van der Waals surface area contributed by atoms with Gasteiger partial charge in [0.1, 0.15) is 5.82 Å². The van der Waals surface area contributed by atoms with Gasteiger partial charge in [0, 0.05) is 11.7 Å². The zero-order valence-electron chi connectivity index (χ0n) is 9.87. The number of nitrogens with one attached hydrogen (secondary N) is 2. The van der Waals surface area contributed by atoms with Gasteiger partial charge in [-0.3, -0.25) is 0 Å². The van der Waals surface area contributed by atoms with E-state index in [9.17, 15) is 9.18 Å². The Balaban J connectivity index is 2.39. The molecule has 5 heteroatoms. The number of hydrogen-bond acceptors (Lipinski definition) is 2. The van der Waals surface area contributed by atoms with Gasteiger partial charge in [-0.25, -0.2) is 9.18 Å². The van der Waals surface area contributed by atoms with Crippen molar-refractivity contribution in [3.63, 3.8) is 0 Å². The Bertz CT molecular complexity index is 371. The third-order valence-electron chi connectivity index (χ3n) is 2.30. The first kappa shape index (κ1) is 13.4. The van der Waals surface area contributed by atoms with Gasteiger partial charge in [-0.1, -0.05) is 6.07 Å². The molecule has 0 saturated carbocycles. The molecule has 0 aliphatic heterocycles. The van der Waals surface area contributed by atoms with Gasteiger partial charge in [-0.05, 0) is 44.5 Å². The maximum atomic E-state index is 12.9. The van der Waals surface area contributed by atoms with Crippen molar-refractivity contribution in [2.75, 3.05) is 11.9 Å². The summed E-state index contributed by atoms with van der Waals surface area (Å²) in [5.74, 6) is -0.376. The molecular formula is C12H18FN3O. The third kappa shape index (κ3) is 5.31. The fraction of sp³-hybridized carbons (Fsp3) is 0.417. The highest BCUT2D eigenvalue weighted by atomic mass is 19.1. The smallest absolute Gasteiger partial charge is 0.319 e. The Morgan fingerprint density at radius 2 is 2.29 bits per heavy atom. The number of carbonyl (C=O) groups is 1. The first-order valence-electron chi connectivity index (χ1n) is 5.65. The van der Waals surface area contributed by atoms with Crippen LogP contribution >= 0.6 is 0 Å². The summed E-state index contributed by atoms with van der Waals surface area (Å²) in [6, 6.07) is 5.49. The molecule has 0 saturated heterocycles. The number of halogens is 1. The summed E-state index contributed by atoms with van der Waals surface area (Å²) in [4.78, 5) is 11.5.